The standard InChI is InChI=1S/C13H14N2O3S/c1-18-11-4-2-3-10(7-11)9-19(16,17)13-5-6-15-8-12(13)14/h2-8H,9,14H2,1H3. The third-order valence-electron chi connectivity index (χ3n) is 2.64. The predicted molar refractivity (Wildman–Crippen MR) is 72.5 cm³/mol. The van der Waals surface area contributed by atoms with Crippen molar-refractivity contribution in [3.63, 3.8) is 0 Å². The van der Waals surface area contributed by atoms with E-state index < -0.39 is 9.84 Å². The smallest absolute Gasteiger partial charge is 0.184 e. The van der Waals surface area contributed by atoms with Crippen molar-refractivity contribution < 1.29 is 13.2 Å². The topological polar surface area (TPSA) is 82.3 Å². The number of sulfone groups is 1. The molecule has 1 heterocycles. The molecule has 0 spiro atoms. The first-order chi connectivity index (χ1) is 9.03. The first kappa shape index (κ1) is 13.4. The minimum absolute atomic E-state index is 0.102. The van der Waals surface area contributed by atoms with Crippen LogP contribution in [0.3, 0.4) is 0 Å². The first-order valence-corrected chi connectivity index (χ1v) is 7.23. The molecule has 0 amide bonds. The molecule has 0 aliphatic carbocycles. The molecule has 0 atom stereocenters. The fourth-order valence-corrected chi connectivity index (χ4v) is 3.19. The van der Waals surface area contributed by atoms with Gasteiger partial charge < -0.3 is 10.5 Å². The van der Waals surface area contributed by atoms with Gasteiger partial charge in [0, 0.05) is 6.20 Å². The van der Waals surface area contributed by atoms with E-state index in [9.17, 15) is 8.42 Å². The van der Waals surface area contributed by atoms with E-state index in [1.807, 2.05) is 0 Å². The van der Waals surface area contributed by atoms with Gasteiger partial charge in [-0.3, -0.25) is 4.98 Å². The summed E-state index contributed by atoms with van der Waals surface area (Å²) < 4.78 is 29.6. The summed E-state index contributed by atoms with van der Waals surface area (Å²) in [6, 6.07) is 8.34. The highest BCUT2D eigenvalue weighted by molar-refractivity contribution is 7.90. The number of nitrogens with zero attached hydrogens (tertiary/aromatic N) is 1. The van der Waals surface area contributed by atoms with Crippen LogP contribution in [0, 0.1) is 0 Å². The van der Waals surface area contributed by atoms with Crippen LogP contribution in [-0.2, 0) is 15.6 Å². The summed E-state index contributed by atoms with van der Waals surface area (Å²) in [5.41, 5.74) is 6.46. The number of benzene rings is 1. The average molecular weight is 278 g/mol. The van der Waals surface area contributed by atoms with Crippen molar-refractivity contribution in [3.05, 3.63) is 48.3 Å². The Balaban J connectivity index is 2.34. The zero-order valence-electron chi connectivity index (χ0n) is 10.4. The minimum atomic E-state index is -3.49. The van der Waals surface area contributed by atoms with Crippen molar-refractivity contribution in [3.8, 4) is 5.75 Å². The van der Waals surface area contributed by atoms with Crippen LogP contribution < -0.4 is 10.5 Å². The Hall–Kier alpha value is -2.08. The van der Waals surface area contributed by atoms with Crippen LogP contribution >= 0.6 is 0 Å². The van der Waals surface area contributed by atoms with Crippen LogP contribution in [0.5, 0.6) is 5.75 Å². The molecule has 0 radical (unpaired) electrons. The van der Waals surface area contributed by atoms with E-state index in [4.69, 9.17) is 10.5 Å². The monoisotopic (exact) mass is 278 g/mol. The molecule has 1 aromatic heterocycles. The summed E-state index contributed by atoms with van der Waals surface area (Å²) in [6.07, 6.45) is 2.74. The summed E-state index contributed by atoms with van der Waals surface area (Å²) in [5.74, 6) is 0.494. The number of aromatic nitrogens is 1. The molecule has 0 saturated heterocycles. The third-order valence-corrected chi connectivity index (χ3v) is 4.39. The van der Waals surface area contributed by atoms with E-state index >= 15 is 0 Å². The molecular formula is C13H14N2O3S. The Morgan fingerprint density at radius 3 is 2.79 bits per heavy atom. The Labute approximate surface area is 112 Å². The number of methoxy groups -OCH3 is 1. The van der Waals surface area contributed by atoms with Crippen LogP contribution in [0.2, 0.25) is 0 Å². The number of nitrogens with two attached hydrogens (primary N) is 1. The quantitative estimate of drug-likeness (QED) is 0.919. The van der Waals surface area contributed by atoms with E-state index in [0.717, 1.165) is 0 Å². The van der Waals surface area contributed by atoms with Crippen LogP contribution in [-0.4, -0.2) is 20.5 Å². The number of hydrogen-bond donors (Lipinski definition) is 1. The van der Waals surface area contributed by atoms with Gasteiger partial charge in [0.25, 0.3) is 0 Å². The van der Waals surface area contributed by atoms with Gasteiger partial charge in [-0.25, -0.2) is 8.42 Å². The van der Waals surface area contributed by atoms with Gasteiger partial charge in [0.1, 0.15) is 5.75 Å². The third kappa shape index (κ3) is 3.03. The van der Waals surface area contributed by atoms with Crippen molar-refractivity contribution in [2.75, 3.05) is 12.8 Å². The highest BCUT2D eigenvalue weighted by Crippen LogP contribution is 2.22. The number of anilines is 1. The molecular weight excluding hydrogens is 264 g/mol. The number of hydrogen-bond acceptors (Lipinski definition) is 5. The average Bonchev–Trinajstić information content (AvgIpc) is 2.38. The van der Waals surface area contributed by atoms with E-state index in [1.54, 1.807) is 24.3 Å². The van der Waals surface area contributed by atoms with Gasteiger partial charge in [-0.15, -0.1) is 0 Å². The molecule has 5 nitrogen and oxygen atoms in total. The molecule has 0 bridgehead atoms. The lowest BCUT2D eigenvalue weighted by atomic mass is 10.2. The van der Waals surface area contributed by atoms with Crippen molar-refractivity contribution in [2.45, 2.75) is 10.6 Å². The second-order valence-electron chi connectivity index (χ2n) is 4.02. The Morgan fingerprint density at radius 2 is 2.11 bits per heavy atom. The molecule has 19 heavy (non-hydrogen) atoms. The maximum Gasteiger partial charge on any atom is 0.184 e. The summed E-state index contributed by atoms with van der Waals surface area (Å²) in [4.78, 5) is 3.89. The molecule has 2 rings (SSSR count). The zero-order chi connectivity index (χ0) is 13.9. The lowest BCUT2D eigenvalue weighted by Gasteiger charge is -2.08. The van der Waals surface area contributed by atoms with Gasteiger partial charge in [0.15, 0.2) is 9.84 Å². The van der Waals surface area contributed by atoms with Gasteiger partial charge in [-0.05, 0) is 23.8 Å². The largest absolute Gasteiger partial charge is 0.497 e. The SMILES string of the molecule is COc1cccc(CS(=O)(=O)c2ccncc2N)c1. The molecule has 0 aliphatic heterocycles. The molecule has 0 saturated carbocycles. The Morgan fingerprint density at radius 1 is 1.32 bits per heavy atom. The van der Waals surface area contributed by atoms with Crippen LogP contribution in [0.1, 0.15) is 5.56 Å². The highest BCUT2D eigenvalue weighted by Gasteiger charge is 2.18. The molecule has 2 N–H and O–H groups in total. The first-order valence-electron chi connectivity index (χ1n) is 5.58. The van der Waals surface area contributed by atoms with E-state index in [2.05, 4.69) is 4.98 Å². The summed E-state index contributed by atoms with van der Waals surface area (Å²) in [6.45, 7) is 0. The van der Waals surface area contributed by atoms with Gasteiger partial charge in [-0.1, -0.05) is 12.1 Å². The fourth-order valence-electron chi connectivity index (χ4n) is 1.74. The lowest BCUT2D eigenvalue weighted by molar-refractivity contribution is 0.414. The molecule has 0 fully saturated rings. The van der Waals surface area contributed by atoms with Crippen molar-refractivity contribution in [2.24, 2.45) is 0 Å². The number of rotatable bonds is 4. The molecule has 6 heteroatoms. The van der Waals surface area contributed by atoms with Crippen LogP contribution in [0.4, 0.5) is 5.69 Å². The van der Waals surface area contributed by atoms with E-state index in [1.165, 1.54) is 25.6 Å². The summed E-state index contributed by atoms with van der Waals surface area (Å²) in [5, 5.41) is 0. The zero-order valence-corrected chi connectivity index (χ0v) is 11.2. The Kier molecular flexibility index (Phi) is 3.71. The van der Waals surface area contributed by atoms with E-state index in [-0.39, 0.29) is 16.3 Å². The van der Waals surface area contributed by atoms with Gasteiger partial charge in [0.2, 0.25) is 0 Å². The molecule has 0 aliphatic rings. The number of nitrogen functional groups attached to an aromatic ring is 1. The van der Waals surface area contributed by atoms with Crippen molar-refractivity contribution in [1.82, 2.24) is 4.98 Å². The maximum atomic E-state index is 12.3. The molecule has 100 valence electrons. The minimum Gasteiger partial charge on any atom is -0.497 e. The van der Waals surface area contributed by atoms with Crippen LogP contribution in [0.25, 0.3) is 0 Å². The summed E-state index contributed by atoms with van der Waals surface area (Å²) >= 11 is 0. The molecule has 2 aromatic rings. The second kappa shape index (κ2) is 5.27. The van der Waals surface area contributed by atoms with E-state index in [0.29, 0.717) is 11.3 Å². The normalized spacial score (nSPS) is 11.2. The lowest BCUT2D eigenvalue weighted by Crippen LogP contribution is -2.08. The van der Waals surface area contributed by atoms with Gasteiger partial charge in [0.05, 0.1) is 29.6 Å². The fraction of sp³-hybridized carbons (Fsp3) is 0.154. The molecule has 1 aromatic carbocycles. The van der Waals surface area contributed by atoms with Crippen LogP contribution in [0.15, 0.2) is 47.6 Å². The maximum absolute atomic E-state index is 12.3. The molecule has 0 unspecified atom stereocenters. The van der Waals surface area contributed by atoms with Gasteiger partial charge >= 0.3 is 0 Å². The number of pyridine rings is 1. The number of ether oxygens (including phenoxy) is 1. The van der Waals surface area contributed by atoms with Crippen molar-refractivity contribution in [1.29, 1.82) is 0 Å². The predicted octanol–water partition coefficient (Wildman–Crippen LogP) is 1.65. The highest BCUT2D eigenvalue weighted by atomic mass is 32.2. The summed E-state index contributed by atoms with van der Waals surface area (Å²) in [7, 11) is -1.95. The van der Waals surface area contributed by atoms with Gasteiger partial charge in [-0.2, -0.15) is 0 Å². The second-order valence-corrected chi connectivity index (χ2v) is 5.98. The van der Waals surface area contributed by atoms with Crippen molar-refractivity contribution >= 4 is 15.5 Å². The Bertz CT molecular complexity index is 684.